The van der Waals surface area contributed by atoms with Crippen molar-refractivity contribution in [1.29, 1.82) is 0 Å². The Balaban J connectivity index is 2.26. The molecular formula is C16H28N2. The van der Waals surface area contributed by atoms with Gasteiger partial charge in [0.1, 0.15) is 0 Å². The van der Waals surface area contributed by atoms with Crippen LogP contribution in [-0.4, -0.2) is 26.7 Å². The molecule has 0 fully saturated rings. The average Bonchev–Trinajstić information content (AvgIpc) is 2.37. The first-order valence-corrected chi connectivity index (χ1v) is 7.08. The Kier molecular flexibility index (Phi) is 6.99. The highest BCUT2D eigenvalue weighted by Crippen LogP contribution is 2.10. The number of hydrogen-bond acceptors (Lipinski definition) is 2. The van der Waals surface area contributed by atoms with Crippen molar-refractivity contribution in [3.63, 3.8) is 0 Å². The third-order valence-corrected chi connectivity index (χ3v) is 3.66. The normalized spacial score (nSPS) is 12.7. The summed E-state index contributed by atoms with van der Waals surface area (Å²) < 4.78 is 0. The summed E-state index contributed by atoms with van der Waals surface area (Å²) in [6, 6.07) is 6.78. The minimum absolute atomic E-state index is 0.745. The molecule has 0 aliphatic carbocycles. The van der Waals surface area contributed by atoms with Gasteiger partial charge in [-0.1, -0.05) is 31.5 Å². The summed E-state index contributed by atoms with van der Waals surface area (Å²) in [5.74, 6) is 0.745. The Morgan fingerprint density at radius 1 is 1.11 bits per heavy atom. The van der Waals surface area contributed by atoms with E-state index in [1.165, 1.54) is 23.1 Å². The van der Waals surface area contributed by atoms with E-state index in [9.17, 15) is 0 Å². The van der Waals surface area contributed by atoms with Crippen LogP contribution >= 0.6 is 0 Å². The Bertz CT molecular complexity index is 347. The molecule has 1 aromatic rings. The average molecular weight is 248 g/mol. The minimum atomic E-state index is 0.745. The highest BCUT2D eigenvalue weighted by molar-refractivity contribution is 5.29. The second kappa shape index (κ2) is 8.28. The van der Waals surface area contributed by atoms with E-state index in [-0.39, 0.29) is 0 Å². The molecule has 0 aromatic heterocycles. The van der Waals surface area contributed by atoms with E-state index in [2.05, 4.69) is 49.6 Å². The molecule has 0 bridgehead atoms. The molecule has 0 amide bonds. The predicted octanol–water partition coefficient (Wildman–Crippen LogP) is 2.68. The second-order valence-electron chi connectivity index (χ2n) is 5.20. The molecule has 0 saturated heterocycles. The van der Waals surface area contributed by atoms with Gasteiger partial charge in [-0.3, -0.25) is 0 Å². The molecule has 1 aromatic carbocycles. The van der Waals surface area contributed by atoms with Crippen molar-refractivity contribution >= 4 is 0 Å². The standard InChI is InChI=1S/C16H28N2/c1-5-15(11-17-4)12-18-9-8-16-7-6-13(2)14(3)10-16/h6-7,10,15,17-18H,5,8-9,11-12H2,1-4H3. The van der Waals surface area contributed by atoms with Crippen molar-refractivity contribution in [1.82, 2.24) is 10.6 Å². The van der Waals surface area contributed by atoms with Crippen molar-refractivity contribution in [2.24, 2.45) is 5.92 Å². The fourth-order valence-corrected chi connectivity index (χ4v) is 2.15. The molecule has 0 aliphatic heterocycles. The van der Waals surface area contributed by atoms with Gasteiger partial charge in [0.2, 0.25) is 0 Å². The number of nitrogens with one attached hydrogen (secondary N) is 2. The summed E-state index contributed by atoms with van der Waals surface area (Å²) in [5, 5.41) is 6.81. The lowest BCUT2D eigenvalue weighted by Crippen LogP contribution is -2.30. The monoisotopic (exact) mass is 248 g/mol. The Hall–Kier alpha value is -0.860. The van der Waals surface area contributed by atoms with Crippen molar-refractivity contribution in [2.75, 3.05) is 26.7 Å². The van der Waals surface area contributed by atoms with E-state index in [1.54, 1.807) is 0 Å². The van der Waals surface area contributed by atoms with Crippen LogP contribution in [0.5, 0.6) is 0 Å². The quantitative estimate of drug-likeness (QED) is 0.691. The summed E-state index contributed by atoms with van der Waals surface area (Å²) >= 11 is 0. The van der Waals surface area contributed by atoms with Crippen LogP contribution < -0.4 is 10.6 Å². The van der Waals surface area contributed by atoms with Crippen LogP contribution in [0.1, 0.15) is 30.0 Å². The van der Waals surface area contributed by atoms with Crippen LogP contribution in [0, 0.1) is 19.8 Å². The van der Waals surface area contributed by atoms with Crippen molar-refractivity contribution in [3.05, 3.63) is 34.9 Å². The van der Waals surface area contributed by atoms with Crippen LogP contribution in [0.2, 0.25) is 0 Å². The predicted molar refractivity (Wildman–Crippen MR) is 80.2 cm³/mol. The van der Waals surface area contributed by atoms with Crippen LogP contribution in [-0.2, 0) is 6.42 Å². The van der Waals surface area contributed by atoms with Crippen molar-refractivity contribution < 1.29 is 0 Å². The molecule has 1 rings (SSSR count). The summed E-state index contributed by atoms with van der Waals surface area (Å²) in [4.78, 5) is 0. The highest BCUT2D eigenvalue weighted by Gasteiger charge is 2.03. The summed E-state index contributed by atoms with van der Waals surface area (Å²) in [6.45, 7) is 9.90. The van der Waals surface area contributed by atoms with Crippen LogP contribution in [0.25, 0.3) is 0 Å². The molecule has 1 unspecified atom stereocenters. The van der Waals surface area contributed by atoms with E-state index in [4.69, 9.17) is 0 Å². The number of benzene rings is 1. The fourth-order valence-electron chi connectivity index (χ4n) is 2.15. The van der Waals surface area contributed by atoms with Gasteiger partial charge in [-0.15, -0.1) is 0 Å². The van der Waals surface area contributed by atoms with E-state index in [0.717, 1.165) is 32.0 Å². The number of hydrogen-bond donors (Lipinski definition) is 2. The molecule has 0 aliphatic rings. The van der Waals surface area contributed by atoms with Gasteiger partial charge in [0, 0.05) is 0 Å². The zero-order chi connectivity index (χ0) is 13.4. The first-order chi connectivity index (χ1) is 8.67. The first kappa shape index (κ1) is 15.2. The molecule has 2 nitrogen and oxygen atoms in total. The maximum absolute atomic E-state index is 3.56. The maximum atomic E-state index is 3.56. The van der Waals surface area contributed by atoms with E-state index in [1.807, 2.05) is 7.05 Å². The van der Waals surface area contributed by atoms with Gasteiger partial charge in [-0.25, -0.2) is 0 Å². The molecule has 0 radical (unpaired) electrons. The summed E-state index contributed by atoms with van der Waals surface area (Å²) in [7, 11) is 2.03. The third-order valence-electron chi connectivity index (χ3n) is 3.66. The number of aryl methyl sites for hydroxylation is 2. The van der Waals surface area contributed by atoms with Gasteiger partial charge in [-0.05, 0) is 69.6 Å². The van der Waals surface area contributed by atoms with Crippen LogP contribution in [0.4, 0.5) is 0 Å². The fraction of sp³-hybridized carbons (Fsp3) is 0.625. The minimum Gasteiger partial charge on any atom is -0.319 e. The molecular weight excluding hydrogens is 220 g/mol. The molecule has 2 heteroatoms. The molecule has 0 heterocycles. The Morgan fingerprint density at radius 3 is 2.50 bits per heavy atom. The van der Waals surface area contributed by atoms with Gasteiger partial charge in [0.15, 0.2) is 0 Å². The lowest BCUT2D eigenvalue weighted by atomic mass is 10.0. The van der Waals surface area contributed by atoms with Gasteiger partial charge in [-0.2, -0.15) is 0 Å². The van der Waals surface area contributed by atoms with Crippen LogP contribution in [0.15, 0.2) is 18.2 Å². The zero-order valence-corrected chi connectivity index (χ0v) is 12.3. The van der Waals surface area contributed by atoms with Crippen molar-refractivity contribution in [3.8, 4) is 0 Å². The molecule has 2 N–H and O–H groups in total. The lowest BCUT2D eigenvalue weighted by Gasteiger charge is -2.15. The third kappa shape index (κ3) is 5.19. The van der Waals surface area contributed by atoms with Crippen molar-refractivity contribution in [2.45, 2.75) is 33.6 Å². The SMILES string of the molecule is CCC(CNC)CNCCc1ccc(C)c(C)c1. The molecule has 0 spiro atoms. The zero-order valence-electron chi connectivity index (χ0n) is 12.3. The topological polar surface area (TPSA) is 24.1 Å². The van der Waals surface area contributed by atoms with E-state index in [0.29, 0.717) is 0 Å². The number of rotatable bonds is 8. The van der Waals surface area contributed by atoms with Gasteiger partial charge >= 0.3 is 0 Å². The largest absolute Gasteiger partial charge is 0.319 e. The van der Waals surface area contributed by atoms with Gasteiger partial charge < -0.3 is 10.6 Å². The van der Waals surface area contributed by atoms with Gasteiger partial charge in [0.25, 0.3) is 0 Å². The summed E-state index contributed by atoms with van der Waals surface area (Å²) in [6.07, 6.45) is 2.36. The Labute approximate surface area is 112 Å². The first-order valence-electron chi connectivity index (χ1n) is 7.08. The molecule has 0 saturated carbocycles. The van der Waals surface area contributed by atoms with E-state index < -0.39 is 0 Å². The smallest absolute Gasteiger partial charge is 0.000823 e. The van der Waals surface area contributed by atoms with Crippen LogP contribution in [0.3, 0.4) is 0 Å². The Morgan fingerprint density at radius 2 is 1.89 bits per heavy atom. The summed E-state index contributed by atoms with van der Waals surface area (Å²) in [5.41, 5.74) is 4.22. The highest BCUT2D eigenvalue weighted by atomic mass is 14.9. The maximum Gasteiger partial charge on any atom is -0.000823 e. The van der Waals surface area contributed by atoms with E-state index >= 15 is 0 Å². The lowest BCUT2D eigenvalue weighted by molar-refractivity contribution is 0.447. The molecule has 102 valence electrons. The van der Waals surface area contributed by atoms with Gasteiger partial charge in [0.05, 0.1) is 0 Å². The molecule has 18 heavy (non-hydrogen) atoms. The second-order valence-corrected chi connectivity index (χ2v) is 5.20. The molecule has 1 atom stereocenters.